The van der Waals surface area contributed by atoms with Crippen molar-refractivity contribution in [3.63, 3.8) is 0 Å². The van der Waals surface area contributed by atoms with Crippen molar-refractivity contribution < 1.29 is 14.0 Å². The van der Waals surface area contributed by atoms with E-state index in [1.54, 1.807) is 6.26 Å². The molecule has 0 aromatic carbocycles. The number of urea groups is 1. The fraction of sp³-hybridized carbons (Fsp3) is 0.667. The maximum atomic E-state index is 12.8. The summed E-state index contributed by atoms with van der Waals surface area (Å²) in [6.45, 7) is 10.8. The van der Waals surface area contributed by atoms with E-state index in [2.05, 4.69) is 10.2 Å². The Morgan fingerprint density at radius 2 is 1.92 bits per heavy atom. The number of hydrogen-bond acceptors (Lipinski definition) is 4. The van der Waals surface area contributed by atoms with E-state index in [1.165, 1.54) is 0 Å². The second-order valence-corrected chi connectivity index (χ2v) is 7.56. The summed E-state index contributed by atoms with van der Waals surface area (Å²) < 4.78 is 5.38. The van der Waals surface area contributed by atoms with Crippen LogP contribution < -0.4 is 5.32 Å². The Labute approximate surface area is 147 Å². The van der Waals surface area contributed by atoms with Crippen LogP contribution in [0.4, 0.5) is 4.79 Å². The number of aryl methyl sites for hydroxylation is 2. The molecule has 3 saturated heterocycles. The first-order valence-corrected chi connectivity index (χ1v) is 9.12. The highest BCUT2D eigenvalue weighted by molar-refractivity contribution is 5.96. The van der Waals surface area contributed by atoms with Crippen LogP contribution in [0.5, 0.6) is 0 Å². The third-order valence-electron chi connectivity index (χ3n) is 5.85. The molecule has 2 atom stereocenters. The number of rotatable bonds is 4. The number of amides is 3. The summed E-state index contributed by atoms with van der Waals surface area (Å²) in [5.74, 6) is 1.91. The molecule has 25 heavy (non-hydrogen) atoms. The topological polar surface area (TPSA) is 69.0 Å². The van der Waals surface area contributed by atoms with Crippen molar-refractivity contribution >= 4 is 11.9 Å². The largest absolute Gasteiger partial charge is 0.469 e. The van der Waals surface area contributed by atoms with Crippen molar-refractivity contribution in [3.8, 4) is 0 Å². The lowest BCUT2D eigenvalue weighted by atomic mass is 10.0. The number of nitrogens with one attached hydrogen (secondary N) is 1. The van der Waals surface area contributed by atoms with Crippen molar-refractivity contribution in [1.29, 1.82) is 0 Å². The molecule has 0 saturated carbocycles. The average molecular weight is 346 g/mol. The molecule has 3 fully saturated rings. The Bertz CT molecular complexity index is 652. The van der Waals surface area contributed by atoms with Crippen LogP contribution in [0.3, 0.4) is 0 Å². The molecular weight excluding hydrogens is 320 g/mol. The van der Waals surface area contributed by atoms with E-state index in [0.717, 1.165) is 63.5 Å². The zero-order valence-corrected chi connectivity index (χ0v) is 15.0. The second-order valence-electron chi connectivity index (χ2n) is 7.56. The van der Waals surface area contributed by atoms with Gasteiger partial charge in [-0.15, -0.1) is 0 Å². The van der Waals surface area contributed by atoms with Gasteiger partial charge in [0.05, 0.1) is 11.8 Å². The Morgan fingerprint density at radius 1 is 1.20 bits per heavy atom. The summed E-state index contributed by atoms with van der Waals surface area (Å²) in [6.07, 6.45) is 1.66. The number of hydrogen-bond donors (Lipinski definition) is 1. The number of likely N-dealkylation sites (tertiary alicyclic amines) is 2. The highest BCUT2D eigenvalue weighted by atomic mass is 16.3. The first-order valence-electron chi connectivity index (χ1n) is 9.12. The van der Waals surface area contributed by atoms with Crippen LogP contribution >= 0.6 is 0 Å². The minimum atomic E-state index is 0.0574. The first kappa shape index (κ1) is 16.4. The van der Waals surface area contributed by atoms with Gasteiger partial charge in [0.2, 0.25) is 0 Å². The van der Waals surface area contributed by atoms with Gasteiger partial charge in [-0.3, -0.25) is 4.79 Å². The molecule has 3 amide bonds. The normalized spacial score (nSPS) is 26.4. The van der Waals surface area contributed by atoms with Crippen LogP contribution in [0.25, 0.3) is 0 Å². The second kappa shape index (κ2) is 6.37. The quantitative estimate of drug-likeness (QED) is 0.880. The fourth-order valence-electron chi connectivity index (χ4n) is 4.47. The van der Waals surface area contributed by atoms with Crippen LogP contribution in [0, 0.1) is 25.7 Å². The summed E-state index contributed by atoms with van der Waals surface area (Å²) in [5.41, 5.74) is 1.65. The predicted octanol–water partition coefficient (Wildman–Crippen LogP) is 0.925. The van der Waals surface area contributed by atoms with Crippen LogP contribution in [0.1, 0.15) is 21.7 Å². The maximum absolute atomic E-state index is 12.8. The molecule has 3 aliphatic heterocycles. The van der Waals surface area contributed by atoms with Gasteiger partial charge >= 0.3 is 6.03 Å². The molecule has 0 radical (unpaired) electrons. The van der Waals surface area contributed by atoms with Crippen LogP contribution in [-0.2, 0) is 0 Å². The molecule has 0 bridgehead atoms. The van der Waals surface area contributed by atoms with Crippen LogP contribution in [-0.4, -0.2) is 79.0 Å². The minimum Gasteiger partial charge on any atom is -0.469 e. The van der Waals surface area contributed by atoms with Crippen molar-refractivity contribution in [2.75, 3.05) is 52.4 Å². The molecule has 1 N–H and O–H groups in total. The molecule has 1 aromatic rings. The standard InChI is InChI=1S/C18H26N4O3/c1-12-11-25-13(2)16(12)17(23)22-9-14-7-20(8-15(14)10-22)5-6-21-4-3-19-18(21)24/h11,14-15H,3-10H2,1-2H3,(H,19,24)/t14-,15+. The summed E-state index contributed by atoms with van der Waals surface area (Å²) in [6, 6.07) is 0.0574. The number of nitrogens with zero attached hydrogens (tertiary/aromatic N) is 3. The summed E-state index contributed by atoms with van der Waals surface area (Å²) in [4.78, 5) is 30.7. The smallest absolute Gasteiger partial charge is 0.317 e. The van der Waals surface area contributed by atoms with Gasteiger partial charge in [0.25, 0.3) is 5.91 Å². The van der Waals surface area contributed by atoms with Gasteiger partial charge in [-0.25, -0.2) is 4.79 Å². The van der Waals surface area contributed by atoms with E-state index in [1.807, 2.05) is 23.6 Å². The number of carbonyl (C=O) groups is 2. The van der Waals surface area contributed by atoms with E-state index < -0.39 is 0 Å². The zero-order chi connectivity index (χ0) is 17.6. The van der Waals surface area contributed by atoms with E-state index in [4.69, 9.17) is 4.42 Å². The number of furan rings is 1. The zero-order valence-electron chi connectivity index (χ0n) is 15.0. The monoisotopic (exact) mass is 346 g/mol. The summed E-state index contributed by atoms with van der Waals surface area (Å²) in [5, 5.41) is 2.84. The van der Waals surface area contributed by atoms with E-state index in [-0.39, 0.29) is 11.9 Å². The number of fused-ring (bicyclic) bond motifs is 1. The van der Waals surface area contributed by atoms with Crippen LogP contribution in [0.15, 0.2) is 10.7 Å². The van der Waals surface area contributed by atoms with E-state index in [9.17, 15) is 9.59 Å². The molecule has 3 aliphatic rings. The lowest BCUT2D eigenvalue weighted by Crippen LogP contribution is -2.38. The predicted molar refractivity (Wildman–Crippen MR) is 92.5 cm³/mol. The molecule has 4 rings (SSSR count). The van der Waals surface area contributed by atoms with Gasteiger partial charge in [0.15, 0.2) is 0 Å². The third-order valence-corrected chi connectivity index (χ3v) is 5.85. The molecule has 136 valence electrons. The molecule has 1 aromatic heterocycles. The molecule has 7 heteroatoms. The Hall–Kier alpha value is -2.02. The van der Waals surface area contributed by atoms with Crippen molar-refractivity contribution in [2.45, 2.75) is 13.8 Å². The molecule has 0 unspecified atom stereocenters. The third kappa shape index (κ3) is 3.01. The maximum Gasteiger partial charge on any atom is 0.317 e. The van der Waals surface area contributed by atoms with Gasteiger partial charge in [-0.05, 0) is 25.7 Å². The lowest BCUT2D eigenvalue weighted by Gasteiger charge is -2.23. The molecular formula is C18H26N4O3. The Morgan fingerprint density at radius 3 is 2.48 bits per heavy atom. The number of carbonyl (C=O) groups excluding carboxylic acids is 2. The van der Waals surface area contributed by atoms with Gasteiger partial charge in [0, 0.05) is 57.9 Å². The van der Waals surface area contributed by atoms with Gasteiger partial charge < -0.3 is 24.4 Å². The van der Waals surface area contributed by atoms with Crippen molar-refractivity contribution in [2.24, 2.45) is 11.8 Å². The van der Waals surface area contributed by atoms with Crippen molar-refractivity contribution in [1.82, 2.24) is 20.0 Å². The molecule has 4 heterocycles. The first-order chi connectivity index (χ1) is 12.0. The molecule has 7 nitrogen and oxygen atoms in total. The van der Waals surface area contributed by atoms with Crippen LogP contribution in [0.2, 0.25) is 0 Å². The van der Waals surface area contributed by atoms with Gasteiger partial charge in [-0.2, -0.15) is 0 Å². The Kier molecular flexibility index (Phi) is 4.19. The average Bonchev–Trinajstić information content (AvgIpc) is 3.30. The van der Waals surface area contributed by atoms with Crippen molar-refractivity contribution in [3.05, 3.63) is 23.2 Å². The fourth-order valence-corrected chi connectivity index (χ4v) is 4.47. The molecule has 0 spiro atoms. The summed E-state index contributed by atoms with van der Waals surface area (Å²) in [7, 11) is 0. The Balaban J connectivity index is 1.30. The highest BCUT2D eigenvalue weighted by Gasteiger charge is 2.42. The minimum absolute atomic E-state index is 0.0574. The molecule has 0 aliphatic carbocycles. The SMILES string of the molecule is Cc1coc(C)c1C(=O)N1C[C@H]2CN(CCN3CCNC3=O)C[C@H]2C1. The van der Waals surface area contributed by atoms with E-state index in [0.29, 0.717) is 17.6 Å². The highest BCUT2D eigenvalue weighted by Crippen LogP contribution is 2.32. The van der Waals surface area contributed by atoms with Gasteiger partial charge in [-0.1, -0.05) is 0 Å². The van der Waals surface area contributed by atoms with Gasteiger partial charge in [0.1, 0.15) is 5.76 Å². The lowest BCUT2D eigenvalue weighted by molar-refractivity contribution is 0.0771. The summed E-state index contributed by atoms with van der Waals surface area (Å²) >= 11 is 0. The van der Waals surface area contributed by atoms with E-state index >= 15 is 0 Å².